The van der Waals surface area contributed by atoms with E-state index in [1.54, 1.807) is 40.8 Å². The number of carbonyl (C=O) groups excluding carboxylic acids is 1. The SMILES string of the molecule is O=C(Nc1ccccn1)c1cnc(OCC(F)(F)F)c(I)c1. The van der Waals surface area contributed by atoms with Gasteiger partial charge in [-0.2, -0.15) is 13.2 Å². The van der Waals surface area contributed by atoms with Crippen LogP contribution in [-0.4, -0.2) is 28.7 Å². The molecule has 22 heavy (non-hydrogen) atoms. The van der Waals surface area contributed by atoms with Crippen molar-refractivity contribution in [1.29, 1.82) is 0 Å². The molecule has 2 rings (SSSR count). The van der Waals surface area contributed by atoms with Crippen LogP contribution in [0.2, 0.25) is 0 Å². The van der Waals surface area contributed by atoms with Crippen molar-refractivity contribution in [2.45, 2.75) is 6.18 Å². The molecule has 0 saturated carbocycles. The van der Waals surface area contributed by atoms with Gasteiger partial charge in [0.2, 0.25) is 5.88 Å². The van der Waals surface area contributed by atoms with E-state index in [-0.39, 0.29) is 11.4 Å². The van der Waals surface area contributed by atoms with E-state index < -0.39 is 18.7 Å². The Labute approximate surface area is 137 Å². The smallest absolute Gasteiger partial charge is 0.422 e. The number of nitrogens with one attached hydrogen (secondary N) is 1. The number of amides is 1. The lowest BCUT2D eigenvalue weighted by Crippen LogP contribution is -2.20. The van der Waals surface area contributed by atoms with Crippen molar-refractivity contribution in [1.82, 2.24) is 9.97 Å². The number of hydrogen-bond acceptors (Lipinski definition) is 4. The highest BCUT2D eigenvalue weighted by molar-refractivity contribution is 14.1. The molecule has 9 heteroatoms. The number of aromatic nitrogens is 2. The largest absolute Gasteiger partial charge is 0.467 e. The van der Waals surface area contributed by atoms with Gasteiger partial charge in [-0.1, -0.05) is 6.07 Å². The fourth-order valence-corrected chi connectivity index (χ4v) is 2.06. The van der Waals surface area contributed by atoms with E-state index in [0.29, 0.717) is 9.39 Å². The summed E-state index contributed by atoms with van der Waals surface area (Å²) in [5.41, 5.74) is 0.189. The molecule has 0 radical (unpaired) electrons. The number of alkyl halides is 3. The van der Waals surface area contributed by atoms with E-state index in [0.717, 1.165) is 6.20 Å². The molecule has 116 valence electrons. The molecule has 1 amide bonds. The normalized spacial score (nSPS) is 11.1. The van der Waals surface area contributed by atoms with Crippen LogP contribution in [-0.2, 0) is 0 Å². The van der Waals surface area contributed by atoms with E-state index >= 15 is 0 Å². The zero-order valence-corrected chi connectivity index (χ0v) is 13.1. The summed E-state index contributed by atoms with van der Waals surface area (Å²) in [6.07, 6.45) is -1.78. The van der Waals surface area contributed by atoms with Gasteiger partial charge in [0.1, 0.15) is 5.82 Å². The summed E-state index contributed by atoms with van der Waals surface area (Å²) in [5, 5.41) is 2.55. The van der Waals surface area contributed by atoms with Crippen LogP contribution in [0.3, 0.4) is 0 Å². The van der Waals surface area contributed by atoms with Crippen molar-refractivity contribution >= 4 is 34.3 Å². The van der Waals surface area contributed by atoms with Crippen LogP contribution in [0.5, 0.6) is 5.88 Å². The third-order valence-corrected chi connectivity index (χ3v) is 3.12. The number of ether oxygens (including phenoxy) is 1. The minimum absolute atomic E-state index is 0.174. The molecule has 0 aromatic carbocycles. The van der Waals surface area contributed by atoms with Gasteiger partial charge in [-0.15, -0.1) is 0 Å². The molecule has 0 fully saturated rings. The van der Waals surface area contributed by atoms with Gasteiger partial charge in [0, 0.05) is 12.4 Å². The second-order valence-electron chi connectivity index (χ2n) is 4.08. The van der Waals surface area contributed by atoms with Crippen molar-refractivity contribution in [3.8, 4) is 5.88 Å². The summed E-state index contributed by atoms with van der Waals surface area (Å²) in [6, 6.07) is 6.40. The highest BCUT2D eigenvalue weighted by Crippen LogP contribution is 2.22. The maximum absolute atomic E-state index is 12.1. The van der Waals surface area contributed by atoms with E-state index in [1.165, 1.54) is 12.3 Å². The molecule has 1 N–H and O–H groups in total. The lowest BCUT2D eigenvalue weighted by molar-refractivity contribution is -0.154. The zero-order chi connectivity index (χ0) is 16.2. The molecular formula is C13H9F3IN3O2. The quantitative estimate of drug-likeness (QED) is 0.768. The molecule has 2 heterocycles. The third-order valence-electron chi connectivity index (χ3n) is 2.35. The first-order valence-corrected chi connectivity index (χ1v) is 7.00. The minimum atomic E-state index is -4.44. The molecule has 0 atom stereocenters. The number of carbonyl (C=O) groups is 1. The number of hydrogen-bond donors (Lipinski definition) is 1. The Balaban J connectivity index is 2.07. The Kier molecular flexibility index (Phi) is 5.16. The molecule has 2 aromatic heterocycles. The Bertz CT molecular complexity index is 665. The molecular weight excluding hydrogens is 414 g/mol. The van der Waals surface area contributed by atoms with Crippen LogP contribution in [0.1, 0.15) is 10.4 Å². The van der Waals surface area contributed by atoms with Crippen molar-refractivity contribution in [2.75, 3.05) is 11.9 Å². The van der Waals surface area contributed by atoms with Crippen LogP contribution in [0.15, 0.2) is 36.7 Å². The number of anilines is 1. The second kappa shape index (κ2) is 6.90. The molecule has 0 unspecified atom stereocenters. The molecule has 0 spiro atoms. The van der Waals surface area contributed by atoms with Gasteiger partial charge in [0.15, 0.2) is 6.61 Å². The maximum Gasteiger partial charge on any atom is 0.422 e. The Morgan fingerprint density at radius 2 is 2.09 bits per heavy atom. The highest BCUT2D eigenvalue weighted by atomic mass is 127. The van der Waals surface area contributed by atoms with Crippen molar-refractivity contribution in [3.63, 3.8) is 0 Å². The summed E-state index contributed by atoms with van der Waals surface area (Å²) in [6.45, 7) is -1.44. The van der Waals surface area contributed by atoms with Gasteiger partial charge in [-0.05, 0) is 40.8 Å². The van der Waals surface area contributed by atoms with E-state index in [2.05, 4.69) is 20.0 Å². The standard InChI is InChI=1S/C13H9F3IN3O2/c14-13(15,16)7-22-12-9(17)5-8(6-19-12)11(21)20-10-3-1-2-4-18-10/h1-6H,7H2,(H,18,20,21). The molecule has 0 aliphatic heterocycles. The first-order valence-electron chi connectivity index (χ1n) is 5.92. The monoisotopic (exact) mass is 423 g/mol. The molecule has 0 bridgehead atoms. The predicted molar refractivity (Wildman–Crippen MR) is 80.7 cm³/mol. The minimum Gasteiger partial charge on any atom is -0.467 e. The molecule has 0 aliphatic rings. The van der Waals surface area contributed by atoms with Crippen molar-refractivity contribution < 1.29 is 22.7 Å². The van der Waals surface area contributed by atoms with Crippen LogP contribution in [0, 0.1) is 3.57 Å². The average Bonchev–Trinajstić information content (AvgIpc) is 2.46. The zero-order valence-electron chi connectivity index (χ0n) is 10.9. The Morgan fingerprint density at radius 1 is 1.32 bits per heavy atom. The molecule has 0 saturated heterocycles. The summed E-state index contributed by atoms with van der Waals surface area (Å²) in [4.78, 5) is 19.6. The Morgan fingerprint density at radius 3 is 2.68 bits per heavy atom. The highest BCUT2D eigenvalue weighted by Gasteiger charge is 2.29. The summed E-state index contributed by atoms with van der Waals surface area (Å²) < 4.78 is 41.2. The number of nitrogens with zero attached hydrogens (tertiary/aromatic N) is 2. The number of rotatable bonds is 4. The third kappa shape index (κ3) is 4.83. The summed E-state index contributed by atoms with van der Waals surface area (Å²) in [5.74, 6) is -0.279. The van der Waals surface area contributed by atoms with Gasteiger partial charge < -0.3 is 10.1 Å². The van der Waals surface area contributed by atoms with Gasteiger partial charge in [-0.25, -0.2) is 9.97 Å². The first kappa shape index (κ1) is 16.5. The van der Waals surface area contributed by atoms with Gasteiger partial charge in [0.25, 0.3) is 5.91 Å². The van der Waals surface area contributed by atoms with Gasteiger partial charge in [0.05, 0.1) is 9.13 Å². The predicted octanol–water partition coefficient (Wildman–Crippen LogP) is 3.27. The van der Waals surface area contributed by atoms with Crippen LogP contribution in [0.4, 0.5) is 19.0 Å². The van der Waals surface area contributed by atoms with Gasteiger partial charge in [-0.3, -0.25) is 4.79 Å². The molecule has 2 aromatic rings. The molecule has 0 aliphatic carbocycles. The second-order valence-corrected chi connectivity index (χ2v) is 5.25. The maximum atomic E-state index is 12.1. The Hall–Kier alpha value is -1.91. The van der Waals surface area contributed by atoms with E-state index in [4.69, 9.17) is 0 Å². The van der Waals surface area contributed by atoms with Crippen LogP contribution in [0.25, 0.3) is 0 Å². The fourth-order valence-electron chi connectivity index (χ4n) is 1.43. The van der Waals surface area contributed by atoms with Gasteiger partial charge >= 0.3 is 6.18 Å². The van der Waals surface area contributed by atoms with Crippen molar-refractivity contribution in [3.05, 3.63) is 45.8 Å². The lowest BCUT2D eigenvalue weighted by atomic mass is 10.2. The topological polar surface area (TPSA) is 64.1 Å². The summed E-state index contributed by atoms with van der Waals surface area (Å²) in [7, 11) is 0. The summed E-state index contributed by atoms with van der Waals surface area (Å²) >= 11 is 1.75. The first-order chi connectivity index (χ1) is 10.3. The number of pyridine rings is 2. The van der Waals surface area contributed by atoms with E-state index in [1.807, 2.05) is 0 Å². The van der Waals surface area contributed by atoms with Crippen LogP contribution < -0.4 is 10.1 Å². The number of halogens is 4. The fraction of sp³-hybridized carbons (Fsp3) is 0.154. The molecule has 5 nitrogen and oxygen atoms in total. The lowest BCUT2D eigenvalue weighted by Gasteiger charge is -2.10. The van der Waals surface area contributed by atoms with Crippen molar-refractivity contribution in [2.24, 2.45) is 0 Å². The van der Waals surface area contributed by atoms with E-state index in [9.17, 15) is 18.0 Å². The van der Waals surface area contributed by atoms with Crippen LogP contribution >= 0.6 is 22.6 Å². The average molecular weight is 423 g/mol.